The van der Waals surface area contributed by atoms with E-state index in [1.54, 1.807) is 0 Å². The molecule has 0 N–H and O–H groups in total. The van der Waals surface area contributed by atoms with E-state index in [0.717, 1.165) is 38.5 Å². The Morgan fingerprint density at radius 2 is 1.58 bits per heavy atom. The van der Waals surface area contributed by atoms with Crippen LogP contribution >= 0.6 is 0 Å². The normalized spacial score (nSPS) is 13.1. The molecule has 2 aromatic carbocycles. The number of benzene rings is 2. The lowest BCUT2D eigenvalue weighted by Gasteiger charge is -2.19. The Balaban J connectivity index is 2.66. The summed E-state index contributed by atoms with van der Waals surface area (Å²) in [6.45, 7) is 12.6. The van der Waals surface area contributed by atoms with Crippen molar-refractivity contribution in [1.29, 1.82) is 0 Å². The highest BCUT2D eigenvalue weighted by Gasteiger charge is 2.23. The van der Waals surface area contributed by atoms with Crippen LogP contribution in [0, 0.1) is 20.8 Å². The average molecular weight is 343 g/mol. The monoisotopic (exact) mass is 343 g/mol. The van der Waals surface area contributed by atoms with Gasteiger partial charge < -0.3 is 0 Å². The van der Waals surface area contributed by atoms with E-state index in [1.807, 2.05) is 26.0 Å². The summed E-state index contributed by atoms with van der Waals surface area (Å²) in [7, 11) is -3.40. The molecule has 0 bridgehead atoms. The largest absolute Gasteiger partial charge is 0.237 e. The summed E-state index contributed by atoms with van der Waals surface area (Å²) in [6.07, 6.45) is 1.28. The third-order valence-corrected chi connectivity index (χ3v) is 5.94. The molecule has 0 atom stereocenters. The van der Waals surface area contributed by atoms with Crippen LogP contribution < -0.4 is 0 Å². The molecule has 4 heteroatoms. The summed E-state index contributed by atoms with van der Waals surface area (Å²) >= 11 is 0. The van der Waals surface area contributed by atoms with Crippen molar-refractivity contribution in [2.45, 2.75) is 47.0 Å². The zero-order chi connectivity index (χ0) is 18.0. The second kappa shape index (κ2) is 5.09. The van der Waals surface area contributed by atoms with Crippen LogP contribution in [-0.2, 0) is 15.4 Å². The van der Waals surface area contributed by atoms with Gasteiger partial charge in [-0.25, -0.2) is 12.4 Å². The minimum absolute atomic E-state index is 0.0152. The molecule has 3 aromatic rings. The first-order chi connectivity index (χ1) is 10.9. The molecule has 0 spiro atoms. The first kappa shape index (κ1) is 17.0. The lowest BCUT2D eigenvalue weighted by molar-refractivity contribution is 0.591. The van der Waals surface area contributed by atoms with Crippen LogP contribution in [0.4, 0.5) is 0 Å². The van der Waals surface area contributed by atoms with E-state index in [0.29, 0.717) is 0 Å². The standard InChI is InChI=1S/C20H25NO2S/c1-12-10-13(2)18-16-11-15(20(4,5)6)8-9-17(16)21(24(7,22)23)19(18)14(12)3/h8-11H,1-7H3. The smallest absolute Gasteiger partial charge is 0.236 e. The summed E-state index contributed by atoms with van der Waals surface area (Å²) in [5.74, 6) is 0. The Bertz CT molecular complexity index is 1080. The number of aromatic nitrogens is 1. The molecular weight excluding hydrogens is 318 g/mol. The highest BCUT2D eigenvalue weighted by Crippen LogP contribution is 2.38. The average Bonchev–Trinajstić information content (AvgIpc) is 2.78. The molecule has 0 aliphatic rings. The Morgan fingerprint density at radius 1 is 0.958 bits per heavy atom. The van der Waals surface area contributed by atoms with Crippen molar-refractivity contribution in [3.63, 3.8) is 0 Å². The molecule has 1 aromatic heterocycles. The van der Waals surface area contributed by atoms with Gasteiger partial charge in [-0.05, 0) is 60.6 Å². The molecule has 128 valence electrons. The molecule has 0 saturated carbocycles. The van der Waals surface area contributed by atoms with Gasteiger partial charge in [0.2, 0.25) is 10.0 Å². The van der Waals surface area contributed by atoms with Crippen molar-refractivity contribution in [1.82, 2.24) is 3.97 Å². The molecule has 0 unspecified atom stereocenters. The van der Waals surface area contributed by atoms with Gasteiger partial charge >= 0.3 is 0 Å². The number of hydrogen-bond donors (Lipinski definition) is 0. The quantitative estimate of drug-likeness (QED) is 0.635. The Kier molecular flexibility index (Phi) is 3.61. The minimum atomic E-state index is -3.40. The molecule has 3 rings (SSSR count). The maximum atomic E-state index is 12.5. The topological polar surface area (TPSA) is 39.1 Å². The first-order valence-corrected chi connectivity index (χ1v) is 10.0. The molecule has 24 heavy (non-hydrogen) atoms. The molecule has 0 aliphatic heterocycles. The Labute approximate surface area is 144 Å². The number of nitrogens with zero attached hydrogens (tertiary/aromatic N) is 1. The van der Waals surface area contributed by atoms with E-state index >= 15 is 0 Å². The zero-order valence-electron chi connectivity index (χ0n) is 15.5. The number of hydrogen-bond acceptors (Lipinski definition) is 2. The second-order valence-corrected chi connectivity index (χ2v) is 9.70. The third-order valence-electron chi connectivity index (χ3n) is 4.90. The third kappa shape index (κ3) is 2.44. The van der Waals surface area contributed by atoms with Crippen LogP contribution in [0.15, 0.2) is 24.3 Å². The molecule has 0 fully saturated rings. The first-order valence-electron chi connectivity index (χ1n) is 8.19. The van der Waals surface area contributed by atoms with Crippen LogP contribution in [0.1, 0.15) is 43.0 Å². The van der Waals surface area contributed by atoms with Crippen molar-refractivity contribution in [3.8, 4) is 0 Å². The van der Waals surface area contributed by atoms with Gasteiger partial charge in [-0.2, -0.15) is 0 Å². The highest BCUT2D eigenvalue weighted by atomic mass is 32.2. The molecule has 0 amide bonds. The lowest BCUT2D eigenvalue weighted by Crippen LogP contribution is -2.12. The van der Waals surface area contributed by atoms with E-state index in [-0.39, 0.29) is 5.41 Å². The van der Waals surface area contributed by atoms with Gasteiger partial charge in [0.15, 0.2) is 0 Å². The van der Waals surface area contributed by atoms with Gasteiger partial charge in [-0.15, -0.1) is 0 Å². The van der Waals surface area contributed by atoms with Crippen molar-refractivity contribution >= 4 is 31.8 Å². The fourth-order valence-corrected chi connectivity index (χ4v) is 4.58. The van der Waals surface area contributed by atoms with Gasteiger partial charge in [-0.3, -0.25) is 0 Å². The van der Waals surface area contributed by atoms with Crippen molar-refractivity contribution in [3.05, 3.63) is 46.5 Å². The predicted octanol–water partition coefficient (Wildman–Crippen LogP) is 4.82. The fraction of sp³-hybridized carbons (Fsp3) is 0.400. The van der Waals surface area contributed by atoms with E-state index in [1.165, 1.54) is 15.8 Å². The van der Waals surface area contributed by atoms with E-state index in [2.05, 4.69) is 39.8 Å². The summed E-state index contributed by atoms with van der Waals surface area (Å²) in [6, 6.07) is 8.29. The van der Waals surface area contributed by atoms with E-state index in [4.69, 9.17) is 0 Å². The fourth-order valence-electron chi connectivity index (χ4n) is 3.50. The molecule has 0 saturated heterocycles. The Morgan fingerprint density at radius 3 is 2.12 bits per heavy atom. The van der Waals surface area contributed by atoms with Crippen molar-refractivity contribution < 1.29 is 8.42 Å². The number of rotatable bonds is 1. The maximum Gasteiger partial charge on any atom is 0.236 e. The molecule has 0 radical (unpaired) electrons. The summed E-state index contributed by atoms with van der Waals surface area (Å²) in [4.78, 5) is 0. The van der Waals surface area contributed by atoms with Crippen LogP contribution in [0.5, 0.6) is 0 Å². The SMILES string of the molecule is Cc1cc(C)c2c3cc(C(C)(C)C)ccc3n(S(C)(=O)=O)c2c1C. The number of aryl methyl sites for hydroxylation is 3. The molecular formula is C20H25NO2S. The van der Waals surface area contributed by atoms with Crippen LogP contribution in [0.3, 0.4) is 0 Å². The van der Waals surface area contributed by atoms with Crippen LogP contribution in [-0.4, -0.2) is 18.6 Å². The van der Waals surface area contributed by atoms with Crippen LogP contribution in [0.25, 0.3) is 21.8 Å². The van der Waals surface area contributed by atoms with Crippen molar-refractivity contribution in [2.75, 3.05) is 6.26 Å². The molecule has 3 nitrogen and oxygen atoms in total. The molecule has 0 aliphatic carbocycles. The van der Waals surface area contributed by atoms with Crippen LogP contribution in [0.2, 0.25) is 0 Å². The van der Waals surface area contributed by atoms with Gasteiger partial charge in [-0.1, -0.05) is 32.9 Å². The molecule has 1 heterocycles. The number of fused-ring (bicyclic) bond motifs is 3. The lowest BCUT2D eigenvalue weighted by atomic mass is 9.86. The summed E-state index contributed by atoms with van der Waals surface area (Å²) in [5.41, 5.74) is 6.06. The van der Waals surface area contributed by atoms with Crippen molar-refractivity contribution in [2.24, 2.45) is 0 Å². The highest BCUT2D eigenvalue weighted by molar-refractivity contribution is 7.89. The summed E-state index contributed by atoms with van der Waals surface area (Å²) in [5, 5.41) is 2.06. The van der Waals surface area contributed by atoms with Gasteiger partial charge in [0.25, 0.3) is 0 Å². The zero-order valence-corrected chi connectivity index (χ0v) is 16.3. The van der Waals surface area contributed by atoms with Gasteiger partial charge in [0, 0.05) is 10.8 Å². The van der Waals surface area contributed by atoms with E-state index in [9.17, 15) is 8.42 Å². The van der Waals surface area contributed by atoms with Gasteiger partial charge in [0.05, 0.1) is 17.3 Å². The predicted molar refractivity (Wildman–Crippen MR) is 103 cm³/mol. The van der Waals surface area contributed by atoms with E-state index < -0.39 is 10.0 Å². The minimum Gasteiger partial charge on any atom is -0.237 e. The maximum absolute atomic E-state index is 12.5. The second-order valence-electron chi connectivity index (χ2n) is 7.87. The Hall–Kier alpha value is -1.81. The van der Waals surface area contributed by atoms with Gasteiger partial charge in [0.1, 0.15) is 0 Å². The summed E-state index contributed by atoms with van der Waals surface area (Å²) < 4.78 is 26.6.